The van der Waals surface area contributed by atoms with Crippen molar-refractivity contribution in [3.8, 4) is 0 Å². The zero-order valence-corrected chi connectivity index (χ0v) is 8.93. The molecule has 0 aliphatic carbocycles. The molecule has 1 heterocycles. The molecule has 1 aliphatic rings. The van der Waals surface area contributed by atoms with E-state index in [1.807, 2.05) is 13.8 Å². The first-order chi connectivity index (χ1) is 5.66. The first-order valence-corrected chi connectivity index (χ1v) is 5.07. The topological polar surface area (TPSA) is 23.5 Å². The lowest BCUT2D eigenvalue weighted by Gasteiger charge is -2.36. The monoisotopic (exact) mass is 173 g/mol. The van der Waals surface area contributed by atoms with Crippen LogP contribution in [0.25, 0.3) is 0 Å². The average molecular weight is 173 g/mol. The van der Waals surface area contributed by atoms with Crippen LogP contribution in [-0.4, -0.2) is 35.7 Å². The van der Waals surface area contributed by atoms with Gasteiger partial charge in [-0.05, 0) is 32.9 Å². The fourth-order valence-corrected chi connectivity index (χ4v) is 1.63. The summed E-state index contributed by atoms with van der Waals surface area (Å²) in [5.41, 5.74) is -0.382. The molecule has 1 N–H and O–H groups in total. The Morgan fingerprint density at radius 2 is 2.00 bits per heavy atom. The zero-order chi connectivity index (χ0) is 9.61. The van der Waals surface area contributed by atoms with Gasteiger partial charge in [-0.25, -0.2) is 0 Å². The maximum absolute atomic E-state index is 9.81. The van der Waals surface area contributed by atoms with Gasteiger partial charge in [-0.1, -0.05) is 20.8 Å². The maximum atomic E-state index is 9.81. The number of rotatable bonds is 1. The fraction of sp³-hybridized carbons (Fsp3) is 1.00. The minimum atomic E-state index is -0.382. The smallest absolute Gasteiger partial charge is 0.0771 e. The van der Waals surface area contributed by atoms with E-state index < -0.39 is 0 Å². The molecule has 0 spiro atoms. The summed E-state index contributed by atoms with van der Waals surface area (Å²) in [7, 11) is 2.07. The molecule has 0 bridgehead atoms. The summed E-state index contributed by atoms with van der Waals surface area (Å²) >= 11 is 0. The molecule has 0 aromatic heterocycles. The van der Waals surface area contributed by atoms with E-state index in [2.05, 4.69) is 18.9 Å². The number of piperidine rings is 1. The van der Waals surface area contributed by atoms with Gasteiger partial charge in [0.05, 0.1) is 5.60 Å². The third-order valence-electron chi connectivity index (χ3n) is 2.40. The second-order valence-corrected chi connectivity index (χ2v) is 3.42. The van der Waals surface area contributed by atoms with E-state index in [9.17, 15) is 5.11 Å². The van der Waals surface area contributed by atoms with Crippen LogP contribution >= 0.6 is 0 Å². The van der Waals surface area contributed by atoms with Crippen LogP contribution in [0.2, 0.25) is 0 Å². The average Bonchev–Trinajstić information content (AvgIpc) is 2.08. The Labute approximate surface area is 76.6 Å². The van der Waals surface area contributed by atoms with E-state index in [0.29, 0.717) is 0 Å². The molecule has 0 aromatic carbocycles. The third kappa shape index (κ3) is 3.55. The lowest BCUT2D eigenvalue weighted by molar-refractivity contribution is -0.0256. The maximum Gasteiger partial charge on any atom is 0.0771 e. The van der Waals surface area contributed by atoms with Crippen LogP contribution in [0.3, 0.4) is 0 Å². The van der Waals surface area contributed by atoms with Crippen molar-refractivity contribution >= 4 is 0 Å². The van der Waals surface area contributed by atoms with Crippen molar-refractivity contribution < 1.29 is 5.11 Å². The highest BCUT2D eigenvalue weighted by atomic mass is 16.3. The van der Waals surface area contributed by atoms with E-state index >= 15 is 0 Å². The van der Waals surface area contributed by atoms with Gasteiger partial charge < -0.3 is 10.0 Å². The highest BCUT2D eigenvalue weighted by Crippen LogP contribution is 2.22. The molecule has 1 fully saturated rings. The molecule has 12 heavy (non-hydrogen) atoms. The highest BCUT2D eigenvalue weighted by molar-refractivity contribution is 4.84. The van der Waals surface area contributed by atoms with Crippen LogP contribution < -0.4 is 0 Å². The normalized spacial score (nSPS) is 30.8. The van der Waals surface area contributed by atoms with Crippen molar-refractivity contribution in [3.05, 3.63) is 0 Å². The molecular formula is C10H23NO. The SMILES string of the molecule is CC.CCC1(O)CCCN(C)C1. The summed E-state index contributed by atoms with van der Waals surface area (Å²) in [5, 5.41) is 9.81. The lowest BCUT2D eigenvalue weighted by Crippen LogP contribution is -2.45. The van der Waals surface area contributed by atoms with E-state index in [1.54, 1.807) is 0 Å². The fourth-order valence-electron chi connectivity index (χ4n) is 1.63. The quantitative estimate of drug-likeness (QED) is 0.654. The molecule has 2 heteroatoms. The Morgan fingerprint density at radius 1 is 1.42 bits per heavy atom. The Bertz CT molecular complexity index is 116. The van der Waals surface area contributed by atoms with Crippen molar-refractivity contribution in [2.75, 3.05) is 20.1 Å². The van der Waals surface area contributed by atoms with Crippen LogP contribution in [0.5, 0.6) is 0 Å². The molecule has 0 aromatic rings. The molecule has 0 amide bonds. The van der Waals surface area contributed by atoms with E-state index in [0.717, 1.165) is 32.4 Å². The first-order valence-electron chi connectivity index (χ1n) is 5.07. The highest BCUT2D eigenvalue weighted by Gasteiger charge is 2.29. The second-order valence-electron chi connectivity index (χ2n) is 3.42. The van der Waals surface area contributed by atoms with Gasteiger partial charge in [0.15, 0.2) is 0 Å². The van der Waals surface area contributed by atoms with Crippen molar-refractivity contribution in [2.24, 2.45) is 0 Å². The number of likely N-dealkylation sites (tertiary alicyclic amines) is 1. The molecule has 1 unspecified atom stereocenters. The van der Waals surface area contributed by atoms with E-state index in [1.165, 1.54) is 0 Å². The Balaban J connectivity index is 0.000000561. The molecule has 1 rings (SSSR count). The second kappa shape index (κ2) is 5.55. The van der Waals surface area contributed by atoms with Gasteiger partial charge in [0.1, 0.15) is 0 Å². The third-order valence-corrected chi connectivity index (χ3v) is 2.40. The van der Waals surface area contributed by atoms with Crippen molar-refractivity contribution in [1.29, 1.82) is 0 Å². The predicted molar refractivity (Wildman–Crippen MR) is 53.3 cm³/mol. The number of hydrogen-bond acceptors (Lipinski definition) is 2. The molecule has 1 atom stereocenters. The standard InChI is InChI=1S/C8H17NO.C2H6/c1-3-8(10)5-4-6-9(2)7-8;1-2/h10H,3-7H2,1-2H3;1-2H3. The van der Waals surface area contributed by atoms with Crippen LogP contribution in [0.15, 0.2) is 0 Å². The van der Waals surface area contributed by atoms with Gasteiger partial charge in [-0.2, -0.15) is 0 Å². The zero-order valence-electron chi connectivity index (χ0n) is 8.93. The van der Waals surface area contributed by atoms with Gasteiger partial charge >= 0.3 is 0 Å². The molecule has 1 aliphatic heterocycles. The Kier molecular flexibility index (Phi) is 5.51. The van der Waals surface area contributed by atoms with Gasteiger partial charge in [0.2, 0.25) is 0 Å². The summed E-state index contributed by atoms with van der Waals surface area (Å²) in [4.78, 5) is 2.20. The number of nitrogens with zero attached hydrogens (tertiary/aromatic N) is 1. The molecule has 0 radical (unpaired) electrons. The molecule has 0 saturated carbocycles. The van der Waals surface area contributed by atoms with Crippen molar-refractivity contribution in [1.82, 2.24) is 4.90 Å². The number of aliphatic hydroxyl groups is 1. The first kappa shape index (κ1) is 11.9. The molecule has 2 nitrogen and oxygen atoms in total. The Hall–Kier alpha value is -0.0800. The molecular weight excluding hydrogens is 150 g/mol. The summed E-state index contributed by atoms with van der Waals surface area (Å²) < 4.78 is 0. The largest absolute Gasteiger partial charge is 0.389 e. The molecule has 1 saturated heterocycles. The van der Waals surface area contributed by atoms with Gasteiger partial charge in [0.25, 0.3) is 0 Å². The number of hydrogen-bond donors (Lipinski definition) is 1. The molecule has 74 valence electrons. The van der Waals surface area contributed by atoms with Crippen LogP contribution in [0.4, 0.5) is 0 Å². The van der Waals surface area contributed by atoms with Gasteiger partial charge in [0, 0.05) is 6.54 Å². The van der Waals surface area contributed by atoms with Crippen LogP contribution in [0, 0.1) is 0 Å². The van der Waals surface area contributed by atoms with Crippen LogP contribution in [0.1, 0.15) is 40.0 Å². The minimum absolute atomic E-state index is 0.382. The van der Waals surface area contributed by atoms with Crippen molar-refractivity contribution in [2.45, 2.75) is 45.6 Å². The lowest BCUT2D eigenvalue weighted by atomic mass is 9.91. The predicted octanol–water partition coefficient (Wildman–Crippen LogP) is 1.88. The minimum Gasteiger partial charge on any atom is -0.389 e. The summed E-state index contributed by atoms with van der Waals surface area (Å²) in [6, 6.07) is 0. The summed E-state index contributed by atoms with van der Waals surface area (Å²) in [5.74, 6) is 0. The van der Waals surface area contributed by atoms with E-state index in [4.69, 9.17) is 0 Å². The van der Waals surface area contributed by atoms with Gasteiger partial charge in [-0.15, -0.1) is 0 Å². The van der Waals surface area contributed by atoms with Crippen LogP contribution in [-0.2, 0) is 0 Å². The van der Waals surface area contributed by atoms with Gasteiger partial charge in [-0.3, -0.25) is 0 Å². The Morgan fingerprint density at radius 3 is 2.33 bits per heavy atom. The number of β-amino-alcohol motifs (C(OH)–C–C–N with tert-alkyl or cyclic N) is 1. The number of likely N-dealkylation sites (N-methyl/N-ethyl adjacent to an activating group) is 1. The van der Waals surface area contributed by atoms with Crippen molar-refractivity contribution in [3.63, 3.8) is 0 Å². The van der Waals surface area contributed by atoms with E-state index in [-0.39, 0.29) is 5.60 Å². The summed E-state index contributed by atoms with van der Waals surface area (Å²) in [6.07, 6.45) is 3.01. The summed E-state index contributed by atoms with van der Waals surface area (Å²) in [6.45, 7) is 8.05.